The van der Waals surface area contributed by atoms with Crippen LogP contribution in [0.2, 0.25) is 0 Å². The van der Waals surface area contributed by atoms with Gasteiger partial charge in [0.1, 0.15) is 12.4 Å². The van der Waals surface area contributed by atoms with E-state index in [1.54, 1.807) is 0 Å². The first-order chi connectivity index (χ1) is 9.60. The lowest BCUT2D eigenvalue weighted by molar-refractivity contribution is 0.305. The highest BCUT2D eigenvalue weighted by atomic mass is 16.5. The Bertz CT molecular complexity index is 642. The summed E-state index contributed by atoms with van der Waals surface area (Å²) < 4.78 is 5.80. The van der Waals surface area contributed by atoms with Crippen molar-refractivity contribution in [2.45, 2.75) is 26.5 Å². The second kappa shape index (κ2) is 6.23. The van der Waals surface area contributed by atoms with Crippen LogP contribution in [0.1, 0.15) is 35.2 Å². The van der Waals surface area contributed by atoms with Gasteiger partial charge in [-0.3, -0.25) is 0 Å². The van der Waals surface area contributed by atoms with E-state index in [0.29, 0.717) is 12.2 Å². The standard InChI is InChI=1S/C17H18N2O/c1-12-8-14(10-18)6-7-16(12)11-20-17-5-3-4-15(9-17)13(2)19/h3-9,13H,11,19H2,1-2H3/t13-/m0/s1. The molecule has 0 bridgehead atoms. The average molecular weight is 266 g/mol. The minimum atomic E-state index is -0.00445. The summed E-state index contributed by atoms with van der Waals surface area (Å²) in [6.45, 7) is 4.42. The zero-order valence-corrected chi connectivity index (χ0v) is 11.8. The maximum atomic E-state index is 8.85. The van der Waals surface area contributed by atoms with Crippen molar-refractivity contribution in [2.75, 3.05) is 0 Å². The van der Waals surface area contributed by atoms with E-state index in [9.17, 15) is 0 Å². The van der Waals surface area contributed by atoms with Crippen LogP contribution in [0.5, 0.6) is 5.75 Å². The first-order valence-corrected chi connectivity index (χ1v) is 6.58. The van der Waals surface area contributed by atoms with Crippen LogP contribution in [-0.4, -0.2) is 0 Å². The minimum Gasteiger partial charge on any atom is -0.489 e. The molecule has 0 aromatic heterocycles. The third kappa shape index (κ3) is 3.37. The maximum absolute atomic E-state index is 8.85. The van der Waals surface area contributed by atoms with Crippen molar-refractivity contribution in [3.05, 3.63) is 64.7 Å². The van der Waals surface area contributed by atoms with Gasteiger partial charge in [-0.1, -0.05) is 18.2 Å². The van der Waals surface area contributed by atoms with E-state index < -0.39 is 0 Å². The number of hydrogen-bond acceptors (Lipinski definition) is 3. The first-order valence-electron chi connectivity index (χ1n) is 6.58. The second-order valence-corrected chi connectivity index (χ2v) is 4.90. The van der Waals surface area contributed by atoms with Gasteiger partial charge < -0.3 is 10.5 Å². The van der Waals surface area contributed by atoms with E-state index in [0.717, 1.165) is 22.4 Å². The molecule has 0 saturated carbocycles. The normalized spacial score (nSPS) is 11.7. The molecular weight excluding hydrogens is 248 g/mol. The summed E-state index contributed by atoms with van der Waals surface area (Å²) in [5.74, 6) is 0.809. The van der Waals surface area contributed by atoms with Crippen LogP contribution < -0.4 is 10.5 Å². The fourth-order valence-electron chi connectivity index (χ4n) is 1.98. The molecule has 0 saturated heterocycles. The summed E-state index contributed by atoms with van der Waals surface area (Å²) in [6.07, 6.45) is 0. The summed E-state index contributed by atoms with van der Waals surface area (Å²) in [5, 5.41) is 8.85. The highest BCUT2D eigenvalue weighted by Crippen LogP contribution is 2.19. The van der Waals surface area contributed by atoms with Crippen LogP contribution in [0.3, 0.4) is 0 Å². The monoisotopic (exact) mass is 266 g/mol. The molecule has 0 aliphatic heterocycles. The van der Waals surface area contributed by atoms with Crippen molar-refractivity contribution in [2.24, 2.45) is 5.73 Å². The largest absolute Gasteiger partial charge is 0.489 e. The molecule has 2 N–H and O–H groups in total. The molecule has 1 atom stereocenters. The van der Waals surface area contributed by atoms with E-state index in [4.69, 9.17) is 15.7 Å². The number of aryl methyl sites for hydroxylation is 1. The van der Waals surface area contributed by atoms with Gasteiger partial charge >= 0.3 is 0 Å². The number of ether oxygens (including phenoxy) is 1. The maximum Gasteiger partial charge on any atom is 0.120 e. The van der Waals surface area contributed by atoms with E-state index in [-0.39, 0.29) is 6.04 Å². The van der Waals surface area contributed by atoms with Gasteiger partial charge in [0.05, 0.1) is 11.6 Å². The Kier molecular flexibility index (Phi) is 4.39. The van der Waals surface area contributed by atoms with Gasteiger partial charge in [-0.25, -0.2) is 0 Å². The van der Waals surface area contributed by atoms with Crippen molar-refractivity contribution in [3.8, 4) is 11.8 Å². The number of nitrogens with two attached hydrogens (primary N) is 1. The lowest BCUT2D eigenvalue weighted by atomic mass is 10.1. The first kappa shape index (κ1) is 14.1. The predicted molar refractivity (Wildman–Crippen MR) is 79.3 cm³/mol. The summed E-state index contributed by atoms with van der Waals surface area (Å²) in [6, 6.07) is 15.6. The minimum absolute atomic E-state index is 0.00445. The van der Waals surface area contributed by atoms with Gasteiger partial charge in [0.15, 0.2) is 0 Å². The Hall–Kier alpha value is -2.31. The van der Waals surface area contributed by atoms with Crippen molar-refractivity contribution in [3.63, 3.8) is 0 Å². The smallest absolute Gasteiger partial charge is 0.120 e. The van der Waals surface area contributed by atoms with Gasteiger partial charge in [-0.2, -0.15) is 5.26 Å². The zero-order chi connectivity index (χ0) is 14.5. The highest BCUT2D eigenvalue weighted by Gasteiger charge is 2.04. The molecule has 2 aromatic rings. The van der Waals surface area contributed by atoms with Crippen molar-refractivity contribution < 1.29 is 4.74 Å². The summed E-state index contributed by atoms with van der Waals surface area (Å²) >= 11 is 0. The molecule has 2 aromatic carbocycles. The predicted octanol–water partition coefficient (Wildman–Crippen LogP) is 3.47. The molecule has 0 heterocycles. The van der Waals surface area contributed by atoms with Gasteiger partial charge in [0.25, 0.3) is 0 Å². The van der Waals surface area contributed by atoms with Crippen LogP contribution in [0.25, 0.3) is 0 Å². The summed E-state index contributed by atoms with van der Waals surface area (Å²) in [7, 11) is 0. The molecule has 2 rings (SSSR count). The van der Waals surface area contributed by atoms with E-state index in [1.165, 1.54) is 0 Å². The molecule has 0 fully saturated rings. The quantitative estimate of drug-likeness (QED) is 0.921. The third-order valence-corrected chi connectivity index (χ3v) is 3.25. The van der Waals surface area contributed by atoms with Gasteiger partial charge in [-0.15, -0.1) is 0 Å². The van der Waals surface area contributed by atoms with Gasteiger partial charge in [0.2, 0.25) is 0 Å². The Morgan fingerprint density at radius 1 is 1.25 bits per heavy atom. The van der Waals surface area contributed by atoms with Crippen LogP contribution in [-0.2, 0) is 6.61 Å². The molecule has 20 heavy (non-hydrogen) atoms. The Morgan fingerprint density at radius 3 is 2.70 bits per heavy atom. The van der Waals surface area contributed by atoms with E-state index in [2.05, 4.69) is 6.07 Å². The molecule has 0 aliphatic carbocycles. The molecule has 3 heteroatoms. The summed E-state index contributed by atoms with van der Waals surface area (Å²) in [5.41, 5.74) is 9.73. The van der Waals surface area contributed by atoms with Crippen molar-refractivity contribution >= 4 is 0 Å². The fraction of sp³-hybridized carbons (Fsp3) is 0.235. The van der Waals surface area contributed by atoms with Crippen LogP contribution in [0.15, 0.2) is 42.5 Å². The molecular formula is C17H18N2O. The molecule has 0 amide bonds. The van der Waals surface area contributed by atoms with Crippen LogP contribution in [0, 0.1) is 18.3 Å². The van der Waals surface area contributed by atoms with E-state index in [1.807, 2.05) is 56.3 Å². The zero-order valence-electron chi connectivity index (χ0n) is 11.8. The third-order valence-electron chi connectivity index (χ3n) is 3.25. The van der Waals surface area contributed by atoms with Gasteiger partial charge in [0, 0.05) is 6.04 Å². The van der Waals surface area contributed by atoms with Crippen molar-refractivity contribution in [1.29, 1.82) is 5.26 Å². The Balaban J connectivity index is 2.09. The lowest BCUT2D eigenvalue weighted by Crippen LogP contribution is -2.05. The SMILES string of the molecule is Cc1cc(C#N)ccc1COc1cccc([C@H](C)N)c1. The van der Waals surface area contributed by atoms with Crippen molar-refractivity contribution in [1.82, 2.24) is 0 Å². The second-order valence-electron chi connectivity index (χ2n) is 4.90. The molecule has 3 nitrogen and oxygen atoms in total. The average Bonchev–Trinajstić information content (AvgIpc) is 2.46. The van der Waals surface area contributed by atoms with E-state index >= 15 is 0 Å². The number of nitriles is 1. The number of benzene rings is 2. The molecule has 0 aliphatic rings. The molecule has 102 valence electrons. The molecule has 0 radical (unpaired) electrons. The number of nitrogens with zero attached hydrogens (tertiary/aromatic N) is 1. The van der Waals surface area contributed by atoms with Crippen LogP contribution >= 0.6 is 0 Å². The lowest BCUT2D eigenvalue weighted by Gasteiger charge is -2.11. The molecule has 0 spiro atoms. The fourth-order valence-corrected chi connectivity index (χ4v) is 1.98. The topological polar surface area (TPSA) is 59.0 Å². The summed E-state index contributed by atoms with van der Waals surface area (Å²) in [4.78, 5) is 0. The van der Waals surface area contributed by atoms with Crippen LogP contribution in [0.4, 0.5) is 0 Å². The number of rotatable bonds is 4. The Morgan fingerprint density at radius 2 is 2.05 bits per heavy atom. The number of hydrogen-bond donors (Lipinski definition) is 1. The molecule has 0 unspecified atom stereocenters. The Labute approximate surface area is 119 Å². The van der Waals surface area contributed by atoms with Gasteiger partial charge in [-0.05, 0) is 54.8 Å². The highest BCUT2D eigenvalue weighted by molar-refractivity contribution is 5.37.